The fourth-order valence-electron chi connectivity index (χ4n) is 6.75. The van der Waals surface area contributed by atoms with Gasteiger partial charge < -0.3 is 32.3 Å². The Morgan fingerprint density at radius 1 is 1.08 bits per heavy atom. The summed E-state index contributed by atoms with van der Waals surface area (Å²) in [6.45, 7) is 10.3. The van der Waals surface area contributed by atoms with E-state index < -0.39 is 46.4 Å². The molecule has 3 aliphatic carbocycles. The number of nitrogens with two attached hydrogens (primary N) is 2. The lowest BCUT2D eigenvalue weighted by atomic mass is 9.80. The predicted molar refractivity (Wildman–Crippen MR) is 153 cm³/mol. The second-order valence-corrected chi connectivity index (χ2v) is 14.6. The van der Waals surface area contributed by atoms with Gasteiger partial charge in [0.25, 0.3) is 5.91 Å². The van der Waals surface area contributed by atoms with E-state index in [0.717, 1.165) is 32.1 Å². The molecule has 0 aromatic rings. The average molecular weight is 563 g/mol. The van der Waals surface area contributed by atoms with Crippen LogP contribution in [0.4, 0.5) is 0 Å². The Labute approximate surface area is 234 Å². The van der Waals surface area contributed by atoms with Gasteiger partial charge in [-0.05, 0) is 32.1 Å². The lowest BCUT2D eigenvalue weighted by Gasteiger charge is -2.39. The van der Waals surface area contributed by atoms with E-state index in [1.54, 1.807) is 4.90 Å². The van der Waals surface area contributed by atoms with Crippen LogP contribution in [0.25, 0.3) is 0 Å². The van der Waals surface area contributed by atoms with Gasteiger partial charge in [0, 0.05) is 35.1 Å². The molecule has 1 aliphatic heterocycles. The van der Waals surface area contributed by atoms with Crippen LogP contribution in [0.3, 0.4) is 0 Å². The van der Waals surface area contributed by atoms with Crippen molar-refractivity contribution in [2.24, 2.45) is 29.2 Å². The quantitative estimate of drug-likeness (QED) is 0.174. The van der Waals surface area contributed by atoms with Crippen molar-refractivity contribution in [2.75, 3.05) is 6.54 Å². The molecular formula is C28H47N6O4P. The monoisotopic (exact) mass is 562 g/mol. The molecule has 3 amide bonds. The van der Waals surface area contributed by atoms with E-state index in [9.17, 15) is 19.2 Å². The number of Topliss-reactive ketones (excluding diaryl/α,β-unsaturated/α-hetero) is 1. The molecule has 0 aromatic heterocycles. The van der Waals surface area contributed by atoms with Crippen LogP contribution < -0.4 is 27.4 Å². The van der Waals surface area contributed by atoms with Gasteiger partial charge in [-0.3, -0.25) is 19.2 Å². The first-order valence-electron chi connectivity index (χ1n) is 14.5. The van der Waals surface area contributed by atoms with Crippen molar-refractivity contribution in [1.29, 1.82) is 0 Å². The third-order valence-electron chi connectivity index (χ3n) is 9.43. The van der Waals surface area contributed by atoms with Crippen LogP contribution in [0, 0.1) is 17.8 Å². The summed E-state index contributed by atoms with van der Waals surface area (Å²) in [6.07, 6.45) is 9.08. The number of fused-ring (bicyclic) bond motifs is 1. The SMILES string of the molecule is C=C(NC1CCCCC1)NC(C(=O)N1CC2C([C@H]1C(=O)NC(CC1CCC1)C(=O)C(N)=O)C2(C)N)C(C)(C)P. The molecule has 6 unspecified atom stereocenters. The van der Waals surface area contributed by atoms with Crippen LogP contribution in [-0.2, 0) is 19.2 Å². The lowest BCUT2D eigenvalue weighted by molar-refractivity contribution is -0.144. The van der Waals surface area contributed by atoms with Gasteiger partial charge in [0.1, 0.15) is 12.1 Å². The van der Waals surface area contributed by atoms with Crippen molar-refractivity contribution in [3.05, 3.63) is 12.4 Å². The minimum absolute atomic E-state index is 0.0223. The van der Waals surface area contributed by atoms with Crippen molar-refractivity contribution in [3.63, 3.8) is 0 Å². The Balaban J connectivity index is 1.50. The van der Waals surface area contributed by atoms with Crippen molar-refractivity contribution >= 4 is 32.7 Å². The first kappa shape index (κ1) is 29.8. The van der Waals surface area contributed by atoms with Gasteiger partial charge in [0.2, 0.25) is 17.6 Å². The molecule has 4 rings (SSSR count). The van der Waals surface area contributed by atoms with Gasteiger partial charge in [-0.2, -0.15) is 0 Å². The van der Waals surface area contributed by atoms with Crippen LogP contribution in [0.1, 0.15) is 78.6 Å². The number of hydrogen-bond acceptors (Lipinski definition) is 7. The summed E-state index contributed by atoms with van der Waals surface area (Å²) in [5.74, 6) is -1.93. The van der Waals surface area contributed by atoms with Gasteiger partial charge in [-0.15, -0.1) is 9.24 Å². The highest BCUT2D eigenvalue weighted by molar-refractivity contribution is 7.19. The van der Waals surface area contributed by atoms with E-state index in [4.69, 9.17) is 11.5 Å². The third kappa shape index (κ3) is 6.43. The third-order valence-corrected chi connectivity index (χ3v) is 9.76. The Kier molecular flexibility index (Phi) is 8.67. The van der Waals surface area contributed by atoms with Gasteiger partial charge in [-0.1, -0.05) is 59.0 Å². The van der Waals surface area contributed by atoms with Crippen LogP contribution in [0.15, 0.2) is 12.4 Å². The normalized spacial score (nSPS) is 30.4. The highest BCUT2D eigenvalue weighted by atomic mass is 31.0. The number of nitrogens with zero attached hydrogens (tertiary/aromatic N) is 1. The zero-order valence-electron chi connectivity index (χ0n) is 23.6. The molecule has 1 saturated heterocycles. The van der Waals surface area contributed by atoms with E-state index in [1.165, 1.54) is 19.3 Å². The molecule has 4 aliphatic rings. The molecule has 11 heteroatoms. The minimum Gasteiger partial charge on any atom is -0.370 e. The summed E-state index contributed by atoms with van der Waals surface area (Å²) >= 11 is 0. The summed E-state index contributed by atoms with van der Waals surface area (Å²) in [5, 5.41) is 9.00. The number of hydrogen-bond donors (Lipinski definition) is 5. The summed E-state index contributed by atoms with van der Waals surface area (Å²) in [7, 11) is 2.73. The second kappa shape index (κ2) is 11.4. The van der Waals surface area contributed by atoms with E-state index in [-0.39, 0.29) is 23.7 Å². The maximum absolute atomic E-state index is 14.1. The number of primary amides is 1. The Bertz CT molecular complexity index is 1000. The fourth-order valence-corrected chi connectivity index (χ4v) is 6.97. The zero-order valence-corrected chi connectivity index (χ0v) is 24.8. The number of amides is 3. The van der Waals surface area contributed by atoms with E-state index in [2.05, 4.69) is 31.8 Å². The van der Waals surface area contributed by atoms with Gasteiger partial charge in [0.15, 0.2) is 0 Å². The maximum atomic E-state index is 14.1. The van der Waals surface area contributed by atoms with Crippen LogP contribution in [0.5, 0.6) is 0 Å². The van der Waals surface area contributed by atoms with Gasteiger partial charge in [-0.25, -0.2) is 0 Å². The average Bonchev–Trinajstić information content (AvgIpc) is 3.15. The number of carbonyl (C=O) groups is 4. The molecular weight excluding hydrogens is 515 g/mol. The minimum atomic E-state index is -1.06. The van der Waals surface area contributed by atoms with E-state index in [0.29, 0.717) is 24.8 Å². The molecule has 0 aromatic carbocycles. The summed E-state index contributed by atoms with van der Waals surface area (Å²) in [6, 6.07) is -2.17. The van der Waals surface area contributed by atoms with Crippen LogP contribution in [0.2, 0.25) is 0 Å². The molecule has 7 atom stereocenters. The summed E-state index contributed by atoms with van der Waals surface area (Å²) in [4.78, 5) is 53.8. The highest BCUT2D eigenvalue weighted by Gasteiger charge is 2.70. The number of piperidine rings is 1. The highest BCUT2D eigenvalue weighted by Crippen LogP contribution is 2.57. The Morgan fingerprint density at radius 3 is 2.26 bits per heavy atom. The zero-order chi connectivity index (χ0) is 28.7. The summed E-state index contributed by atoms with van der Waals surface area (Å²) in [5.41, 5.74) is 11.2. The van der Waals surface area contributed by atoms with Crippen LogP contribution >= 0.6 is 9.24 Å². The Hall–Kier alpha value is -2.19. The first-order chi connectivity index (χ1) is 18.2. The van der Waals surface area contributed by atoms with Crippen molar-refractivity contribution in [3.8, 4) is 0 Å². The van der Waals surface area contributed by atoms with Crippen molar-refractivity contribution in [1.82, 2.24) is 20.9 Å². The van der Waals surface area contributed by atoms with Gasteiger partial charge >= 0.3 is 0 Å². The molecule has 7 N–H and O–H groups in total. The molecule has 0 spiro atoms. The maximum Gasteiger partial charge on any atom is 0.287 e. The number of likely N-dealkylation sites (tertiary alicyclic amines) is 1. The van der Waals surface area contributed by atoms with Crippen LogP contribution in [-0.4, -0.2) is 69.8 Å². The lowest BCUT2D eigenvalue weighted by Crippen LogP contribution is -2.62. The number of ketones is 1. The predicted octanol–water partition coefficient (Wildman–Crippen LogP) is 0.895. The number of rotatable bonds is 12. The fraction of sp³-hybridized carbons (Fsp3) is 0.786. The largest absolute Gasteiger partial charge is 0.370 e. The molecule has 3 saturated carbocycles. The van der Waals surface area contributed by atoms with E-state index >= 15 is 0 Å². The van der Waals surface area contributed by atoms with E-state index in [1.807, 2.05) is 20.8 Å². The topological polar surface area (TPSA) is 160 Å². The van der Waals surface area contributed by atoms with Crippen molar-refractivity contribution < 1.29 is 19.2 Å². The summed E-state index contributed by atoms with van der Waals surface area (Å²) < 4.78 is 0. The standard InChI is InChI=1S/C28H47N6O4P/c1-15(31-17-11-6-5-7-12-17)32-23(27(2,3)39)26(38)34-14-18-20(28(18,4)30)21(34)25(37)33-19(22(35)24(29)36)13-16-9-8-10-16/h16-21,23,31-32H,1,5-14,30,39H2,2-4H3,(H2,29,36)(H,33,37)/t18?,19?,20?,21-,23?,28?/m0/s1. The second-order valence-electron chi connectivity index (χ2n) is 13.1. The molecule has 0 radical (unpaired) electrons. The van der Waals surface area contributed by atoms with Crippen molar-refractivity contribution in [2.45, 2.75) is 113 Å². The molecule has 0 bridgehead atoms. The first-order valence-corrected chi connectivity index (χ1v) is 15.0. The molecule has 39 heavy (non-hydrogen) atoms. The molecule has 218 valence electrons. The molecule has 10 nitrogen and oxygen atoms in total. The number of nitrogens with one attached hydrogen (secondary N) is 3. The smallest absolute Gasteiger partial charge is 0.287 e. The van der Waals surface area contributed by atoms with Gasteiger partial charge in [0.05, 0.1) is 11.9 Å². The Morgan fingerprint density at radius 2 is 1.72 bits per heavy atom. The number of carbonyl (C=O) groups excluding carboxylic acids is 4. The molecule has 1 heterocycles. The molecule has 4 fully saturated rings.